The van der Waals surface area contributed by atoms with Crippen LogP contribution in [0.2, 0.25) is 5.02 Å². The Bertz CT molecular complexity index is 949. The number of carbonyl (C=O) groups is 1. The molecule has 3 aromatic carbocycles. The van der Waals surface area contributed by atoms with Gasteiger partial charge in [-0.25, -0.2) is 0 Å². The lowest BCUT2D eigenvalue weighted by Crippen LogP contribution is -2.53. The van der Waals surface area contributed by atoms with Gasteiger partial charge in [0.15, 0.2) is 0 Å². The van der Waals surface area contributed by atoms with Crippen molar-refractivity contribution in [3.8, 4) is 0 Å². The van der Waals surface area contributed by atoms with Crippen molar-refractivity contribution in [2.45, 2.75) is 24.7 Å². The number of piperidine rings is 1. The van der Waals surface area contributed by atoms with Crippen molar-refractivity contribution in [3.63, 3.8) is 0 Å². The molecule has 2 N–H and O–H groups in total. The smallest absolute Gasteiger partial charge is 0.232 e. The third kappa shape index (κ3) is 4.53. The topological polar surface area (TPSA) is 46.3 Å². The summed E-state index contributed by atoms with van der Waals surface area (Å²) in [6.45, 7) is 2.85. The standard InChI is InChI=1S/C27H29ClN2O/c28-25-15-13-21(14-16-25)17-19-30-18-7-12-24(20-30)27(26(29)31,22-8-3-1-4-9-22)23-10-5-2-6-11-23/h1-6,8-11,13-16,24H,7,12,17-20H2,(H2,29,31). The first-order valence-corrected chi connectivity index (χ1v) is 11.4. The van der Waals surface area contributed by atoms with Crippen LogP contribution in [0.1, 0.15) is 29.5 Å². The highest BCUT2D eigenvalue weighted by molar-refractivity contribution is 6.30. The maximum absolute atomic E-state index is 13.2. The van der Waals surface area contributed by atoms with E-state index in [-0.39, 0.29) is 11.8 Å². The summed E-state index contributed by atoms with van der Waals surface area (Å²) in [7, 11) is 0. The molecule has 0 aromatic heterocycles. The second kappa shape index (κ2) is 9.67. The van der Waals surface area contributed by atoms with Crippen molar-refractivity contribution >= 4 is 17.5 Å². The molecule has 31 heavy (non-hydrogen) atoms. The lowest BCUT2D eigenvalue weighted by Gasteiger charge is -2.44. The zero-order valence-electron chi connectivity index (χ0n) is 17.7. The fourth-order valence-corrected chi connectivity index (χ4v) is 5.20. The zero-order chi connectivity index (χ0) is 21.7. The van der Waals surface area contributed by atoms with E-state index < -0.39 is 5.41 Å². The van der Waals surface area contributed by atoms with Crippen LogP contribution in [0.25, 0.3) is 0 Å². The van der Waals surface area contributed by atoms with E-state index in [0.717, 1.165) is 55.0 Å². The van der Waals surface area contributed by atoms with Gasteiger partial charge >= 0.3 is 0 Å². The Labute approximate surface area is 189 Å². The summed E-state index contributed by atoms with van der Waals surface area (Å²) in [5, 5.41) is 0.763. The molecule has 1 amide bonds. The Morgan fingerprint density at radius 1 is 0.935 bits per heavy atom. The van der Waals surface area contributed by atoms with Crippen molar-refractivity contribution in [2.24, 2.45) is 11.7 Å². The molecule has 4 heteroatoms. The van der Waals surface area contributed by atoms with Crippen molar-refractivity contribution in [1.82, 2.24) is 4.90 Å². The average molecular weight is 433 g/mol. The second-order valence-electron chi connectivity index (χ2n) is 8.42. The number of amides is 1. The minimum Gasteiger partial charge on any atom is -0.369 e. The predicted molar refractivity (Wildman–Crippen MR) is 127 cm³/mol. The summed E-state index contributed by atoms with van der Waals surface area (Å²) in [6.07, 6.45) is 2.99. The van der Waals surface area contributed by atoms with Crippen LogP contribution in [0.3, 0.4) is 0 Å². The summed E-state index contributed by atoms with van der Waals surface area (Å²) < 4.78 is 0. The molecule has 1 heterocycles. The predicted octanol–water partition coefficient (Wildman–Crippen LogP) is 5.07. The van der Waals surface area contributed by atoms with Gasteiger partial charge in [-0.1, -0.05) is 84.4 Å². The van der Waals surface area contributed by atoms with E-state index in [1.165, 1.54) is 5.56 Å². The zero-order valence-corrected chi connectivity index (χ0v) is 18.5. The van der Waals surface area contributed by atoms with Crippen LogP contribution < -0.4 is 5.73 Å². The van der Waals surface area contributed by atoms with Gasteiger partial charge in [-0.2, -0.15) is 0 Å². The molecular weight excluding hydrogens is 404 g/mol. The number of benzene rings is 3. The first-order valence-electron chi connectivity index (χ1n) is 11.0. The van der Waals surface area contributed by atoms with Gasteiger partial charge in [-0.3, -0.25) is 4.79 Å². The van der Waals surface area contributed by atoms with Gasteiger partial charge in [-0.05, 0) is 60.5 Å². The number of hydrogen-bond donors (Lipinski definition) is 1. The molecule has 3 aromatic rings. The van der Waals surface area contributed by atoms with Crippen LogP contribution in [0.4, 0.5) is 0 Å². The number of nitrogens with two attached hydrogens (primary N) is 1. The summed E-state index contributed by atoms with van der Waals surface area (Å²) >= 11 is 6.02. The molecule has 0 bridgehead atoms. The minimum atomic E-state index is -0.832. The quantitative estimate of drug-likeness (QED) is 0.566. The Balaban J connectivity index is 1.63. The molecular formula is C27H29ClN2O. The van der Waals surface area contributed by atoms with Gasteiger partial charge in [0.2, 0.25) is 5.91 Å². The van der Waals surface area contributed by atoms with Crippen molar-refractivity contribution in [2.75, 3.05) is 19.6 Å². The van der Waals surface area contributed by atoms with E-state index in [4.69, 9.17) is 17.3 Å². The van der Waals surface area contributed by atoms with Crippen molar-refractivity contribution in [1.29, 1.82) is 0 Å². The summed E-state index contributed by atoms with van der Waals surface area (Å²) in [5.74, 6) is -0.150. The Kier molecular flexibility index (Phi) is 6.74. The lowest BCUT2D eigenvalue weighted by molar-refractivity contribution is -0.124. The van der Waals surface area contributed by atoms with Crippen LogP contribution >= 0.6 is 11.6 Å². The van der Waals surface area contributed by atoms with E-state index in [1.54, 1.807) is 0 Å². The first-order chi connectivity index (χ1) is 15.1. The Morgan fingerprint density at radius 2 is 1.52 bits per heavy atom. The number of primary amides is 1. The third-order valence-corrected chi connectivity index (χ3v) is 6.85. The normalized spacial score (nSPS) is 17.4. The molecule has 160 valence electrons. The Morgan fingerprint density at radius 3 is 2.06 bits per heavy atom. The molecule has 1 saturated heterocycles. The molecule has 1 aliphatic rings. The van der Waals surface area contributed by atoms with Gasteiger partial charge in [0, 0.05) is 18.1 Å². The van der Waals surface area contributed by atoms with E-state index in [0.29, 0.717) is 0 Å². The summed E-state index contributed by atoms with van der Waals surface area (Å²) in [4.78, 5) is 15.7. The van der Waals surface area contributed by atoms with Crippen molar-refractivity contribution in [3.05, 3.63) is 107 Å². The van der Waals surface area contributed by atoms with Crippen LogP contribution in [0.15, 0.2) is 84.9 Å². The highest BCUT2D eigenvalue weighted by Crippen LogP contribution is 2.43. The molecule has 3 nitrogen and oxygen atoms in total. The first kappa shape index (κ1) is 21.6. The number of carbonyl (C=O) groups excluding carboxylic acids is 1. The van der Waals surface area contributed by atoms with Crippen LogP contribution in [0.5, 0.6) is 0 Å². The van der Waals surface area contributed by atoms with Crippen LogP contribution in [0, 0.1) is 5.92 Å². The SMILES string of the molecule is NC(=O)C(c1ccccc1)(c1ccccc1)C1CCCN(CCc2ccc(Cl)cc2)C1. The lowest BCUT2D eigenvalue weighted by atomic mass is 9.63. The number of likely N-dealkylation sites (tertiary alicyclic amines) is 1. The van der Waals surface area contributed by atoms with Crippen molar-refractivity contribution < 1.29 is 4.79 Å². The molecule has 1 aliphatic heterocycles. The molecule has 0 aliphatic carbocycles. The second-order valence-corrected chi connectivity index (χ2v) is 8.86. The molecule has 1 fully saturated rings. The highest BCUT2D eigenvalue weighted by Gasteiger charge is 2.48. The monoisotopic (exact) mass is 432 g/mol. The molecule has 1 unspecified atom stereocenters. The third-order valence-electron chi connectivity index (χ3n) is 6.59. The Hall–Kier alpha value is -2.62. The van der Waals surface area contributed by atoms with Gasteiger partial charge in [0.05, 0.1) is 0 Å². The van der Waals surface area contributed by atoms with Gasteiger partial charge < -0.3 is 10.6 Å². The highest BCUT2D eigenvalue weighted by atomic mass is 35.5. The summed E-state index contributed by atoms with van der Waals surface area (Å²) in [5.41, 5.74) is 8.64. The molecule has 1 atom stereocenters. The van der Waals surface area contributed by atoms with E-state index >= 15 is 0 Å². The van der Waals surface area contributed by atoms with E-state index in [9.17, 15) is 4.79 Å². The van der Waals surface area contributed by atoms with Gasteiger partial charge in [0.1, 0.15) is 5.41 Å². The van der Waals surface area contributed by atoms with Crippen LogP contribution in [-0.4, -0.2) is 30.4 Å². The molecule has 0 radical (unpaired) electrons. The van der Waals surface area contributed by atoms with E-state index in [2.05, 4.69) is 17.0 Å². The minimum absolute atomic E-state index is 0.119. The fourth-order valence-electron chi connectivity index (χ4n) is 5.08. The number of hydrogen-bond acceptors (Lipinski definition) is 2. The summed E-state index contributed by atoms with van der Waals surface area (Å²) in [6, 6.07) is 28.2. The number of halogens is 1. The molecule has 0 spiro atoms. The largest absolute Gasteiger partial charge is 0.369 e. The molecule has 0 saturated carbocycles. The van der Waals surface area contributed by atoms with Crippen LogP contribution in [-0.2, 0) is 16.6 Å². The van der Waals surface area contributed by atoms with E-state index in [1.807, 2.05) is 72.8 Å². The fraction of sp³-hybridized carbons (Fsp3) is 0.296. The van der Waals surface area contributed by atoms with Gasteiger partial charge in [-0.15, -0.1) is 0 Å². The molecule has 4 rings (SSSR count). The number of nitrogens with zero attached hydrogens (tertiary/aromatic N) is 1. The van der Waals surface area contributed by atoms with Gasteiger partial charge in [0.25, 0.3) is 0 Å². The average Bonchev–Trinajstić information content (AvgIpc) is 2.81. The maximum Gasteiger partial charge on any atom is 0.232 e. The number of rotatable bonds is 7. The maximum atomic E-state index is 13.2.